The zero-order chi connectivity index (χ0) is 44.8. The Morgan fingerprint density at radius 2 is 0.934 bits per heavy atom. The number of phosphoric ester groups is 1. The minimum atomic E-state index is -4.30. The maximum absolute atomic E-state index is 12.7. The summed E-state index contributed by atoms with van der Waals surface area (Å²) in [5.41, 5.74) is 0. The van der Waals surface area contributed by atoms with Gasteiger partial charge >= 0.3 is 13.8 Å². The average Bonchev–Trinajstić information content (AvgIpc) is 3.22. The molecule has 2 atom stereocenters. The predicted molar refractivity (Wildman–Crippen MR) is 261 cm³/mol. The highest BCUT2D eigenvalue weighted by atomic mass is 31.2. The van der Waals surface area contributed by atoms with Crippen LogP contribution in [-0.4, -0.2) is 75.6 Å². The van der Waals surface area contributed by atoms with Crippen molar-refractivity contribution in [2.24, 2.45) is 0 Å². The summed E-state index contributed by atoms with van der Waals surface area (Å²) >= 11 is 0. The van der Waals surface area contributed by atoms with E-state index in [1.807, 2.05) is 21.1 Å². The standard InChI is InChI=1S/C52H94NO7P/c1-6-8-10-12-14-16-18-20-22-24-26-28-30-32-34-36-38-40-42-44-47-57-49-51(50-59-61(55,56)58-48-46-53(3,4)5)60-52(54)45-43-41-39-37-35-33-31-29-27-25-23-21-19-17-15-13-11-9-7-2/h8,10,14,16,20,22,26,28,32,34,38,40,51H,6-7,9,11-13,15,17-19,21,23-25,27,29-31,33,35-37,39,41-50H2,1-5H3/p+1/b10-8-,16-14-,22-20-,28-26-,34-32-,40-38-. The van der Waals surface area contributed by atoms with Crippen molar-refractivity contribution < 1.29 is 37.3 Å². The van der Waals surface area contributed by atoms with Crippen molar-refractivity contribution in [2.75, 3.05) is 54.1 Å². The van der Waals surface area contributed by atoms with Gasteiger partial charge in [0.15, 0.2) is 0 Å². The van der Waals surface area contributed by atoms with E-state index in [9.17, 15) is 14.3 Å². The van der Waals surface area contributed by atoms with Crippen molar-refractivity contribution in [3.8, 4) is 0 Å². The molecule has 0 radical (unpaired) electrons. The maximum Gasteiger partial charge on any atom is 0.472 e. The number of nitrogens with zero attached hydrogens (tertiary/aromatic N) is 1. The fraction of sp³-hybridized carbons (Fsp3) is 0.750. The van der Waals surface area contributed by atoms with Gasteiger partial charge in [-0.2, -0.15) is 0 Å². The molecule has 0 fully saturated rings. The van der Waals surface area contributed by atoms with Gasteiger partial charge in [0.1, 0.15) is 19.3 Å². The Hall–Kier alpha value is -2.06. The molecular weight excluding hydrogens is 782 g/mol. The van der Waals surface area contributed by atoms with Crippen LogP contribution in [0.1, 0.15) is 194 Å². The molecule has 0 aromatic carbocycles. The summed E-state index contributed by atoms with van der Waals surface area (Å²) in [4.78, 5) is 23.0. The summed E-state index contributed by atoms with van der Waals surface area (Å²) in [5.74, 6) is -0.333. The van der Waals surface area contributed by atoms with Gasteiger partial charge in [0.2, 0.25) is 0 Å². The summed E-state index contributed by atoms with van der Waals surface area (Å²) in [6, 6.07) is 0. The Labute approximate surface area is 376 Å². The molecule has 0 aromatic rings. The number of quaternary nitrogens is 1. The number of hydrogen-bond donors (Lipinski definition) is 1. The zero-order valence-corrected chi connectivity index (χ0v) is 41.0. The van der Waals surface area contributed by atoms with Crippen LogP contribution in [0.15, 0.2) is 72.9 Å². The van der Waals surface area contributed by atoms with Crippen molar-refractivity contribution in [2.45, 2.75) is 200 Å². The number of phosphoric acid groups is 1. The van der Waals surface area contributed by atoms with E-state index in [1.165, 1.54) is 103 Å². The molecule has 0 aliphatic carbocycles. The second-order valence-electron chi connectivity index (χ2n) is 17.5. The van der Waals surface area contributed by atoms with Crippen molar-refractivity contribution in [3.63, 3.8) is 0 Å². The molecule has 2 unspecified atom stereocenters. The van der Waals surface area contributed by atoms with E-state index >= 15 is 0 Å². The second-order valence-corrected chi connectivity index (χ2v) is 18.9. The summed E-state index contributed by atoms with van der Waals surface area (Å²) in [7, 11) is 1.63. The summed E-state index contributed by atoms with van der Waals surface area (Å²) in [6.45, 7) is 5.36. The molecule has 0 saturated heterocycles. The number of ether oxygens (including phenoxy) is 2. The molecule has 0 aromatic heterocycles. The highest BCUT2D eigenvalue weighted by molar-refractivity contribution is 7.47. The van der Waals surface area contributed by atoms with Gasteiger partial charge in [-0.1, -0.05) is 202 Å². The van der Waals surface area contributed by atoms with Gasteiger partial charge in [-0.05, 0) is 57.8 Å². The maximum atomic E-state index is 12.7. The van der Waals surface area contributed by atoms with Crippen molar-refractivity contribution in [1.29, 1.82) is 0 Å². The number of unbranched alkanes of at least 4 members (excludes halogenated alkanes) is 19. The van der Waals surface area contributed by atoms with E-state index in [2.05, 4.69) is 86.8 Å². The fourth-order valence-electron chi connectivity index (χ4n) is 6.51. The number of rotatable bonds is 45. The molecule has 0 spiro atoms. The summed E-state index contributed by atoms with van der Waals surface area (Å²) in [5, 5.41) is 0. The normalized spacial score (nSPS) is 14.3. The average molecular weight is 877 g/mol. The Morgan fingerprint density at radius 3 is 1.36 bits per heavy atom. The third kappa shape index (κ3) is 48.8. The van der Waals surface area contributed by atoms with E-state index in [0.29, 0.717) is 24.1 Å². The van der Waals surface area contributed by atoms with E-state index < -0.39 is 13.9 Å². The van der Waals surface area contributed by atoms with Crippen LogP contribution in [0.2, 0.25) is 0 Å². The van der Waals surface area contributed by atoms with E-state index in [0.717, 1.165) is 70.6 Å². The molecule has 0 bridgehead atoms. The van der Waals surface area contributed by atoms with E-state index in [1.54, 1.807) is 0 Å². The Morgan fingerprint density at radius 1 is 0.525 bits per heavy atom. The largest absolute Gasteiger partial charge is 0.472 e. The van der Waals surface area contributed by atoms with E-state index in [4.69, 9.17) is 18.5 Å². The quantitative estimate of drug-likeness (QED) is 0.0214. The number of likely N-dealkylation sites (N-methyl/N-ethyl adjacent to an activating group) is 1. The molecule has 1 N–H and O–H groups in total. The first kappa shape index (κ1) is 58.9. The first-order valence-electron chi connectivity index (χ1n) is 24.7. The molecule has 0 saturated carbocycles. The van der Waals surface area contributed by atoms with Gasteiger partial charge in [0.25, 0.3) is 0 Å². The van der Waals surface area contributed by atoms with Crippen molar-refractivity contribution in [1.82, 2.24) is 0 Å². The minimum absolute atomic E-state index is 0.0756. The summed E-state index contributed by atoms with van der Waals surface area (Å²) < 4.78 is 35.0. The lowest BCUT2D eigenvalue weighted by molar-refractivity contribution is -0.870. The number of carbonyl (C=O) groups is 1. The number of allylic oxidation sites excluding steroid dienone is 12. The van der Waals surface area contributed by atoms with Crippen LogP contribution >= 0.6 is 7.82 Å². The zero-order valence-electron chi connectivity index (χ0n) is 40.1. The Kier molecular flexibility index (Phi) is 43.0. The van der Waals surface area contributed by atoms with Crippen LogP contribution in [-0.2, 0) is 27.9 Å². The Bertz CT molecular complexity index is 1200. The van der Waals surface area contributed by atoms with Gasteiger partial charge in [0.05, 0.1) is 34.4 Å². The van der Waals surface area contributed by atoms with Gasteiger partial charge < -0.3 is 18.9 Å². The lowest BCUT2D eigenvalue weighted by Crippen LogP contribution is -2.37. The highest BCUT2D eigenvalue weighted by Gasteiger charge is 2.26. The topological polar surface area (TPSA) is 91.3 Å². The summed E-state index contributed by atoms with van der Waals surface area (Å²) in [6.07, 6.45) is 58.2. The van der Waals surface area contributed by atoms with E-state index in [-0.39, 0.29) is 25.8 Å². The van der Waals surface area contributed by atoms with Crippen LogP contribution in [0.4, 0.5) is 0 Å². The van der Waals surface area contributed by atoms with Crippen LogP contribution in [0.3, 0.4) is 0 Å². The third-order valence-electron chi connectivity index (χ3n) is 10.3. The number of carbonyl (C=O) groups excluding carboxylic acids is 1. The molecule has 0 aliphatic rings. The van der Waals surface area contributed by atoms with Gasteiger partial charge in [-0.15, -0.1) is 0 Å². The van der Waals surface area contributed by atoms with Crippen LogP contribution in [0.5, 0.6) is 0 Å². The first-order valence-corrected chi connectivity index (χ1v) is 26.2. The van der Waals surface area contributed by atoms with Gasteiger partial charge in [-0.3, -0.25) is 13.8 Å². The minimum Gasteiger partial charge on any atom is -0.457 e. The highest BCUT2D eigenvalue weighted by Crippen LogP contribution is 2.43. The Balaban J connectivity index is 4.27. The van der Waals surface area contributed by atoms with Gasteiger partial charge in [-0.25, -0.2) is 4.57 Å². The SMILES string of the molecule is CC/C=C\C/C=C\C/C=C\C/C=C\C/C=C\C/C=C\CCCOCC(COP(=O)(O)OCC[N+](C)(C)C)OC(=O)CCCCCCCCCCCCCCCCCCCCC. The lowest BCUT2D eigenvalue weighted by Gasteiger charge is -2.24. The number of esters is 1. The molecule has 0 heterocycles. The van der Waals surface area contributed by atoms with Crippen LogP contribution in [0, 0.1) is 0 Å². The second kappa shape index (κ2) is 44.5. The molecule has 61 heavy (non-hydrogen) atoms. The molecule has 354 valence electrons. The monoisotopic (exact) mass is 877 g/mol. The third-order valence-corrected chi connectivity index (χ3v) is 11.3. The molecule has 0 aliphatic heterocycles. The van der Waals surface area contributed by atoms with Crippen molar-refractivity contribution >= 4 is 13.8 Å². The smallest absolute Gasteiger partial charge is 0.457 e. The van der Waals surface area contributed by atoms with Crippen LogP contribution in [0.25, 0.3) is 0 Å². The number of hydrogen-bond acceptors (Lipinski definition) is 6. The first-order chi connectivity index (χ1) is 29.6. The molecule has 0 amide bonds. The fourth-order valence-corrected chi connectivity index (χ4v) is 7.25. The molecule has 9 heteroatoms. The lowest BCUT2D eigenvalue weighted by atomic mass is 10.0. The van der Waals surface area contributed by atoms with Crippen molar-refractivity contribution in [3.05, 3.63) is 72.9 Å². The van der Waals surface area contributed by atoms with Gasteiger partial charge in [0, 0.05) is 13.0 Å². The molecule has 8 nitrogen and oxygen atoms in total. The van der Waals surface area contributed by atoms with Crippen LogP contribution < -0.4 is 0 Å². The predicted octanol–water partition coefficient (Wildman–Crippen LogP) is 15.1. The molecular formula is C52H95NO7P+. The molecule has 0 rings (SSSR count).